The minimum absolute atomic E-state index is 0.0435. The molecular weight excluding hydrogens is 500 g/mol. The number of rotatable bonds is 18. The fraction of sp³-hybridized carbons (Fsp3) is 0.632. The average Bonchev–Trinajstić information content (AvgIpc) is 2.76. The van der Waals surface area contributed by atoms with E-state index in [1.807, 2.05) is 0 Å². The first-order chi connectivity index (χ1) is 16.8. The molecule has 0 aliphatic carbocycles. The predicted octanol–water partition coefficient (Wildman–Crippen LogP) is -3.99. The Morgan fingerprint density at radius 1 is 0.833 bits per heavy atom. The van der Waals surface area contributed by atoms with Gasteiger partial charge in [0.1, 0.15) is 18.1 Å². The van der Waals surface area contributed by atoms with Gasteiger partial charge in [0.15, 0.2) is 5.96 Å². The van der Waals surface area contributed by atoms with Crippen LogP contribution in [0.25, 0.3) is 0 Å². The van der Waals surface area contributed by atoms with E-state index >= 15 is 0 Å². The number of carbonyl (C=O) groups excluding carboxylic acids is 4. The molecule has 0 radical (unpaired) electrons. The molecule has 4 amide bonds. The first-order valence-corrected chi connectivity index (χ1v) is 12.1. The van der Waals surface area contributed by atoms with Crippen molar-refractivity contribution in [1.82, 2.24) is 16.0 Å². The Kier molecular flexibility index (Phi) is 15.2. The van der Waals surface area contributed by atoms with Crippen LogP contribution in [0.1, 0.15) is 32.1 Å². The van der Waals surface area contributed by atoms with Gasteiger partial charge in [0.2, 0.25) is 23.6 Å². The first-order valence-electron chi connectivity index (χ1n) is 10.7. The molecule has 0 heterocycles. The number of carboxylic acid groups (broad SMARTS) is 2. The number of thioether (sulfide) groups is 1. The molecule has 16 nitrogen and oxygen atoms in total. The van der Waals surface area contributed by atoms with Gasteiger partial charge in [-0.2, -0.15) is 11.8 Å². The number of nitrogens with one attached hydrogen (secondary N) is 3. The summed E-state index contributed by atoms with van der Waals surface area (Å²) in [6.07, 6.45) is 0.722. The first kappa shape index (κ1) is 32.4. The summed E-state index contributed by atoms with van der Waals surface area (Å²) in [7, 11) is 0. The molecule has 0 saturated carbocycles. The normalized spacial score (nSPS) is 13.8. The second kappa shape index (κ2) is 16.9. The fourth-order valence-corrected chi connectivity index (χ4v) is 3.26. The molecule has 0 rings (SSSR count). The lowest BCUT2D eigenvalue weighted by atomic mass is 10.1. The number of hydrogen-bond donors (Lipinski definition) is 9. The summed E-state index contributed by atoms with van der Waals surface area (Å²) in [4.78, 5) is 75.1. The van der Waals surface area contributed by atoms with Gasteiger partial charge in [-0.25, -0.2) is 4.79 Å². The van der Waals surface area contributed by atoms with Crippen LogP contribution in [0.2, 0.25) is 0 Å². The third-order valence-corrected chi connectivity index (χ3v) is 5.22. The number of nitrogens with zero attached hydrogens (tertiary/aromatic N) is 1. The second-order valence-electron chi connectivity index (χ2n) is 7.63. The summed E-state index contributed by atoms with van der Waals surface area (Å²) < 4.78 is 0. The van der Waals surface area contributed by atoms with Crippen LogP contribution in [0.4, 0.5) is 0 Å². The van der Waals surface area contributed by atoms with Crippen molar-refractivity contribution in [1.29, 1.82) is 0 Å². The Morgan fingerprint density at radius 2 is 1.36 bits per heavy atom. The third kappa shape index (κ3) is 14.0. The van der Waals surface area contributed by atoms with Crippen LogP contribution in [-0.2, 0) is 28.8 Å². The number of amides is 4. The number of primary amides is 1. The lowest BCUT2D eigenvalue weighted by Gasteiger charge is -2.25. The van der Waals surface area contributed by atoms with E-state index in [9.17, 15) is 33.9 Å². The molecule has 0 bridgehead atoms. The van der Waals surface area contributed by atoms with Gasteiger partial charge in [0, 0.05) is 6.54 Å². The number of aliphatic carboxylic acids is 2. The molecule has 0 spiro atoms. The van der Waals surface area contributed by atoms with Crippen LogP contribution >= 0.6 is 11.8 Å². The highest BCUT2D eigenvalue weighted by molar-refractivity contribution is 7.98. The van der Waals surface area contributed by atoms with Gasteiger partial charge in [-0.3, -0.25) is 29.0 Å². The average molecular weight is 535 g/mol. The number of guanidine groups is 1. The van der Waals surface area contributed by atoms with Crippen LogP contribution in [0.5, 0.6) is 0 Å². The van der Waals surface area contributed by atoms with E-state index in [0.717, 1.165) is 0 Å². The van der Waals surface area contributed by atoms with Gasteiger partial charge in [-0.05, 0) is 31.3 Å². The number of hydrogen-bond acceptors (Lipinski definition) is 9. The van der Waals surface area contributed by atoms with Gasteiger partial charge in [0.25, 0.3) is 0 Å². The van der Waals surface area contributed by atoms with E-state index < -0.39 is 72.6 Å². The van der Waals surface area contributed by atoms with Gasteiger partial charge < -0.3 is 49.1 Å². The molecule has 0 aromatic rings. The molecule has 0 fully saturated rings. The highest BCUT2D eigenvalue weighted by Crippen LogP contribution is 2.06. The minimum Gasteiger partial charge on any atom is -0.481 e. The van der Waals surface area contributed by atoms with E-state index in [0.29, 0.717) is 5.75 Å². The number of aliphatic imine (C=N–C) groups is 1. The van der Waals surface area contributed by atoms with E-state index in [1.165, 1.54) is 11.8 Å². The lowest BCUT2D eigenvalue weighted by Crippen LogP contribution is -2.57. The van der Waals surface area contributed by atoms with Crippen molar-refractivity contribution < 1.29 is 39.0 Å². The fourth-order valence-electron chi connectivity index (χ4n) is 2.78. The minimum atomic E-state index is -1.74. The molecule has 0 aliphatic rings. The van der Waals surface area contributed by atoms with Crippen LogP contribution in [0.3, 0.4) is 0 Å². The van der Waals surface area contributed by atoms with Crippen LogP contribution in [-0.4, -0.2) is 94.5 Å². The van der Waals surface area contributed by atoms with Crippen molar-refractivity contribution in [2.24, 2.45) is 27.9 Å². The summed E-state index contributed by atoms with van der Waals surface area (Å²) in [5.74, 6) is -6.15. The van der Waals surface area contributed by atoms with Gasteiger partial charge >= 0.3 is 11.9 Å². The van der Waals surface area contributed by atoms with Crippen LogP contribution < -0.4 is 38.9 Å². The maximum Gasteiger partial charge on any atom is 0.326 e. The van der Waals surface area contributed by atoms with E-state index in [-0.39, 0.29) is 31.8 Å². The molecule has 0 aromatic heterocycles. The number of carbonyl (C=O) groups is 6. The lowest BCUT2D eigenvalue weighted by molar-refractivity contribution is -0.147. The molecule has 0 aliphatic heterocycles. The number of carboxylic acids is 2. The molecule has 36 heavy (non-hydrogen) atoms. The molecule has 204 valence electrons. The zero-order valence-corrected chi connectivity index (χ0v) is 20.6. The van der Waals surface area contributed by atoms with Gasteiger partial charge in [0.05, 0.1) is 18.9 Å². The SMILES string of the molecule is CSCCC(NC(=O)C(N)CC(N)=O)C(=O)NC(CCCN=C(N)N)C(=O)NC(CC(=O)O)C(=O)O. The van der Waals surface area contributed by atoms with E-state index in [4.69, 9.17) is 28.0 Å². The summed E-state index contributed by atoms with van der Waals surface area (Å²) in [6, 6.07) is -5.49. The van der Waals surface area contributed by atoms with Crippen molar-refractivity contribution in [3.8, 4) is 0 Å². The standard InChI is InChI=1S/C19H34N8O8S/c1-36-6-4-11(25-15(31)9(20)7-13(21)28)17(33)26-10(3-2-5-24-19(22)23)16(32)27-12(18(34)35)8-14(29)30/h9-12H,2-8,20H2,1H3,(H2,21,28)(H,25,31)(H,26,33)(H,27,32)(H,29,30)(H,34,35)(H4,22,23,24). The highest BCUT2D eigenvalue weighted by Gasteiger charge is 2.31. The smallest absolute Gasteiger partial charge is 0.326 e. The quantitative estimate of drug-likeness (QED) is 0.0462. The van der Waals surface area contributed by atoms with Crippen molar-refractivity contribution >= 4 is 53.3 Å². The molecule has 4 atom stereocenters. The topological polar surface area (TPSA) is 295 Å². The van der Waals surface area contributed by atoms with Gasteiger partial charge in [-0.1, -0.05) is 0 Å². The molecule has 0 saturated heterocycles. The van der Waals surface area contributed by atoms with Crippen LogP contribution in [0, 0.1) is 0 Å². The Morgan fingerprint density at radius 3 is 1.83 bits per heavy atom. The largest absolute Gasteiger partial charge is 0.481 e. The van der Waals surface area contributed by atoms with Crippen molar-refractivity contribution in [2.75, 3.05) is 18.6 Å². The maximum atomic E-state index is 13.0. The Hall–Kier alpha value is -3.60. The zero-order valence-electron chi connectivity index (χ0n) is 19.8. The summed E-state index contributed by atoms with van der Waals surface area (Å²) >= 11 is 1.38. The maximum absolute atomic E-state index is 13.0. The Bertz CT molecular complexity index is 836. The van der Waals surface area contributed by atoms with E-state index in [2.05, 4.69) is 20.9 Å². The summed E-state index contributed by atoms with van der Waals surface area (Å²) in [5.41, 5.74) is 21.2. The molecule has 13 N–H and O–H groups in total. The van der Waals surface area contributed by atoms with Crippen molar-refractivity contribution in [3.05, 3.63) is 0 Å². The highest BCUT2D eigenvalue weighted by atomic mass is 32.2. The zero-order chi connectivity index (χ0) is 27.8. The summed E-state index contributed by atoms with van der Waals surface area (Å²) in [6.45, 7) is 0.0913. The van der Waals surface area contributed by atoms with Crippen LogP contribution in [0.15, 0.2) is 4.99 Å². The molecule has 4 unspecified atom stereocenters. The van der Waals surface area contributed by atoms with Crippen molar-refractivity contribution in [3.63, 3.8) is 0 Å². The number of nitrogens with two attached hydrogens (primary N) is 4. The monoisotopic (exact) mass is 534 g/mol. The Balaban J connectivity index is 5.63. The molecule has 0 aromatic carbocycles. The molecule has 17 heteroatoms. The van der Waals surface area contributed by atoms with Crippen molar-refractivity contribution in [2.45, 2.75) is 56.3 Å². The third-order valence-electron chi connectivity index (χ3n) is 4.57. The Labute approximate surface area is 211 Å². The predicted molar refractivity (Wildman–Crippen MR) is 130 cm³/mol. The van der Waals surface area contributed by atoms with E-state index in [1.54, 1.807) is 6.26 Å². The second-order valence-corrected chi connectivity index (χ2v) is 8.61. The van der Waals surface area contributed by atoms with Gasteiger partial charge in [-0.15, -0.1) is 0 Å². The molecular formula is C19H34N8O8S. The summed E-state index contributed by atoms with van der Waals surface area (Å²) in [5, 5.41) is 25.0.